The van der Waals surface area contributed by atoms with E-state index in [1.54, 1.807) is 6.07 Å². The van der Waals surface area contributed by atoms with Crippen LogP contribution in [0.15, 0.2) is 36.5 Å². The number of hydrogen-bond acceptors (Lipinski definition) is 5. The van der Waals surface area contributed by atoms with Gasteiger partial charge in [-0.1, -0.05) is 5.16 Å². The second kappa shape index (κ2) is 4.78. The van der Waals surface area contributed by atoms with E-state index in [-0.39, 0.29) is 12.2 Å². The summed E-state index contributed by atoms with van der Waals surface area (Å²) in [5.41, 5.74) is 0.944. The maximum absolute atomic E-state index is 13.9. The zero-order chi connectivity index (χ0) is 14.3. The summed E-state index contributed by atoms with van der Waals surface area (Å²) < 4.78 is 25.7. The van der Waals surface area contributed by atoms with Crippen molar-refractivity contribution in [3.63, 3.8) is 0 Å². The molecule has 0 radical (unpaired) electrons. The van der Waals surface area contributed by atoms with Crippen molar-refractivity contribution < 1.29 is 13.3 Å². The highest BCUT2D eigenvalue weighted by molar-refractivity contribution is 9.10. The lowest BCUT2D eigenvalue weighted by Gasteiger charge is -2.05. The first-order valence-electron chi connectivity index (χ1n) is 5.68. The van der Waals surface area contributed by atoms with Gasteiger partial charge in [-0.2, -0.15) is 0 Å². The zero-order valence-electron chi connectivity index (χ0n) is 10.3. The van der Waals surface area contributed by atoms with E-state index in [0.717, 1.165) is 0 Å². The molecule has 0 bridgehead atoms. The first-order valence-corrected chi connectivity index (χ1v) is 6.48. The van der Waals surface area contributed by atoms with E-state index < -0.39 is 11.6 Å². The number of benzene rings is 1. The van der Waals surface area contributed by atoms with Crippen LogP contribution in [0.25, 0.3) is 11.1 Å². The van der Waals surface area contributed by atoms with E-state index in [0.29, 0.717) is 21.5 Å². The van der Waals surface area contributed by atoms with Gasteiger partial charge < -0.3 is 14.3 Å². The van der Waals surface area contributed by atoms with Crippen molar-refractivity contribution in [3.05, 3.63) is 44.9 Å². The molecule has 1 N–H and O–H groups in total. The quantitative estimate of drug-likeness (QED) is 0.792. The van der Waals surface area contributed by atoms with Gasteiger partial charge in [0.25, 0.3) is 0 Å². The molecular weight excluding hydrogens is 333 g/mol. The van der Waals surface area contributed by atoms with E-state index in [9.17, 15) is 9.18 Å². The summed E-state index contributed by atoms with van der Waals surface area (Å²) in [5.74, 6) is -0.464. The zero-order valence-corrected chi connectivity index (χ0v) is 11.9. The van der Waals surface area contributed by atoms with E-state index in [1.165, 1.54) is 23.7 Å². The molecule has 0 saturated carbocycles. The Morgan fingerprint density at radius 3 is 2.95 bits per heavy atom. The summed E-state index contributed by atoms with van der Waals surface area (Å²) in [6.45, 7) is 0.262. The first-order chi connectivity index (χ1) is 9.54. The first kappa shape index (κ1) is 12.9. The molecule has 6 nitrogen and oxygen atoms in total. The van der Waals surface area contributed by atoms with Crippen molar-refractivity contribution in [1.82, 2.24) is 9.72 Å². The second-order valence-corrected chi connectivity index (χ2v) is 5.01. The maximum atomic E-state index is 13.9. The fraction of sp³-hybridized carbons (Fsp3) is 0.167. The lowest BCUT2D eigenvalue weighted by Crippen LogP contribution is -2.08. The summed E-state index contributed by atoms with van der Waals surface area (Å²) in [6.07, 6.45) is 0. The van der Waals surface area contributed by atoms with Crippen LogP contribution in [-0.2, 0) is 13.6 Å². The van der Waals surface area contributed by atoms with Crippen molar-refractivity contribution in [2.45, 2.75) is 6.54 Å². The minimum Gasteiger partial charge on any atom is -0.408 e. The number of nitrogens with zero attached hydrogens (tertiary/aromatic N) is 2. The van der Waals surface area contributed by atoms with Crippen molar-refractivity contribution in [3.8, 4) is 0 Å². The van der Waals surface area contributed by atoms with Gasteiger partial charge in [0, 0.05) is 25.2 Å². The SMILES string of the molecule is Cn1c(=O)oc2cc(NCc3cc(Br)no3)c(F)cc21. The molecule has 2 aromatic heterocycles. The average Bonchev–Trinajstić information content (AvgIpc) is 2.93. The highest BCUT2D eigenvalue weighted by atomic mass is 79.9. The molecule has 0 atom stereocenters. The highest BCUT2D eigenvalue weighted by Gasteiger charge is 2.12. The fourth-order valence-electron chi connectivity index (χ4n) is 1.84. The Kier molecular flexibility index (Phi) is 3.09. The standard InChI is InChI=1S/C12H9BrFN3O3/c1-17-9-3-7(14)8(4-10(9)19-12(17)18)15-5-6-2-11(13)16-20-6/h2-4,15H,5H2,1H3. The summed E-state index contributed by atoms with van der Waals surface area (Å²) in [7, 11) is 1.52. The third-order valence-electron chi connectivity index (χ3n) is 2.86. The molecule has 0 saturated heterocycles. The molecule has 0 aliphatic rings. The maximum Gasteiger partial charge on any atom is 0.419 e. The van der Waals surface area contributed by atoms with Crippen molar-refractivity contribution >= 4 is 32.7 Å². The van der Waals surface area contributed by atoms with Crippen LogP contribution in [0.4, 0.5) is 10.1 Å². The number of fused-ring (bicyclic) bond motifs is 1. The molecular formula is C12H9BrFN3O3. The van der Waals surface area contributed by atoms with Crippen LogP contribution in [-0.4, -0.2) is 9.72 Å². The molecule has 0 spiro atoms. The number of hydrogen-bond donors (Lipinski definition) is 1. The van der Waals surface area contributed by atoms with E-state index in [4.69, 9.17) is 8.94 Å². The molecule has 3 rings (SSSR count). The number of aryl methyl sites for hydroxylation is 1. The molecule has 0 aliphatic heterocycles. The Balaban J connectivity index is 1.91. The minimum absolute atomic E-state index is 0.222. The van der Waals surface area contributed by atoms with Crippen LogP contribution in [0.5, 0.6) is 0 Å². The van der Waals surface area contributed by atoms with Gasteiger partial charge in [0.05, 0.1) is 17.7 Å². The predicted octanol–water partition coefficient (Wildman–Crippen LogP) is 2.63. The van der Waals surface area contributed by atoms with Gasteiger partial charge >= 0.3 is 5.76 Å². The van der Waals surface area contributed by atoms with Crippen LogP contribution < -0.4 is 11.1 Å². The van der Waals surface area contributed by atoms with Crippen LogP contribution in [0.2, 0.25) is 0 Å². The molecule has 0 aliphatic carbocycles. The Hall–Kier alpha value is -2.09. The third-order valence-corrected chi connectivity index (χ3v) is 3.24. The van der Waals surface area contributed by atoms with Crippen molar-refractivity contribution in [2.75, 3.05) is 5.32 Å². The normalized spacial score (nSPS) is 11.2. The molecule has 3 aromatic rings. The van der Waals surface area contributed by atoms with Crippen LogP contribution in [0, 0.1) is 5.82 Å². The minimum atomic E-state index is -0.532. The summed E-state index contributed by atoms with van der Waals surface area (Å²) in [4.78, 5) is 11.4. The van der Waals surface area contributed by atoms with Crippen molar-refractivity contribution in [1.29, 1.82) is 0 Å². The van der Waals surface area contributed by atoms with Gasteiger partial charge in [0.15, 0.2) is 11.3 Å². The molecule has 0 unspecified atom stereocenters. The predicted molar refractivity (Wildman–Crippen MR) is 72.9 cm³/mol. The highest BCUT2D eigenvalue weighted by Crippen LogP contribution is 2.23. The molecule has 104 valence electrons. The van der Waals surface area contributed by atoms with Gasteiger partial charge in [-0.15, -0.1) is 0 Å². The molecule has 0 fully saturated rings. The lowest BCUT2D eigenvalue weighted by atomic mass is 10.2. The second-order valence-electron chi connectivity index (χ2n) is 4.20. The van der Waals surface area contributed by atoms with Gasteiger partial charge in [-0.3, -0.25) is 4.57 Å². The van der Waals surface area contributed by atoms with Crippen LogP contribution >= 0.6 is 15.9 Å². The number of halogens is 2. The van der Waals surface area contributed by atoms with Gasteiger partial charge in [0.1, 0.15) is 10.4 Å². The van der Waals surface area contributed by atoms with E-state index in [1.807, 2.05) is 0 Å². The largest absolute Gasteiger partial charge is 0.419 e. The lowest BCUT2D eigenvalue weighted by molar-refractivity contribution is 0.384. The average molecular weight is 342 g/mol. The van der Waals surface area contributed by atoms with E-state index >= 15 is 0 Å². The Labute approximate surface area is 120 Å². The Morgan fingerprint density at radius 1 is 1.45 bits per heavy atom. The molecule has 8 heteroatoms. The number of aromatic nitrogens is 2. The number of oxazole rings is 1. The topological polar surface area (TPSA) is 73.2 Å². The van der Waals surface area contributed by atoms with Crippen LogP contribution in [0.3, 0.4) is 0 Å². The molecule has 1 aromatic carbocycles. The molecule has 20 heavy (non-hydrogen) atoms. The van der Waals surface area contributed by atoms with E-state index in [2.05, 4.69) is 26.4 Å². The Bertz CT molecular complexity index is 836. The number of rotatable bonds is 3. The van der Waals surface area contributed by atoms with Gasteiger partial charge in [-0.25, -0.2) is 9.18 Å². The smallest absolute Gasteiger partial charge is 0.408 e. The third kappa shape index (κ3) is 2.22. The molecule has 2 heterocycles. The van der Waals surface area contributed by atoms with Crippen LogP contribution in [0.1, 0.15) is 5.76 Å². The summed E-state index contributed by atoms with van der Waals surface area (Å²) >= 11 is 3.16. The van der Waals surface area contributed by atoms with Crippen molar-refractivity contribution in [2.24, 2.45) is 7.05 Å². The fourth-order valence-corrected chi connectivity index (χ4v) is 2.16. The monoisotopic (exact) mass is 341 g/mol. The number of anilines is 1. The van der Waals surface area contributed by atoms with Gasteiger partial charge in [0.2, 0.25) is 0 Å². The van der Waals surface area contributed by atoms with Gasteiger partial charge in [-0.05, 0) is 15.9 Å². The Morgan fingerprint density at radius 2 is 2.25 bits per heavy atom. The number of nitrogens with one attached hydrogen (secondary N) is 1. The summed E-state index contributed by atoms with van der Waals surface area (Å²) in [5, 5.41) is 6.52. The molecule has 0 amide bonds. The summed E-state index contributed by atoms with van der Waals surface area (Å²) in [6, 6.07) is 4.36.